The van der Waals surface area contributed by atoms with Gasteiger partial charge in [-0.15, -0.1) is 0 Å². The van der Waals surface area contributed by atoms with Gasteiger partial charge in [0.2, 0.25) is 0 Å². The molecule has 4 bridgehead atoms. The van der Waals surface area contributed by atoms with Crippen LogP contribution in [0, 0.1) is 36.2 Å². The molecule has 0 aromatic heterocycles. The van der Waals surface area contributed by atoms with E-state index >= 15 is 0 Å². The molecule has 0 aliphatic heterocycles. The van der Waals surface area contributed by atoms with E-state index in [0.717, 1.165) is 17.8 Å². The Labute approximate surface area is 117 Å². The summed E-state index contributed by atoms with van der Waals surface area (Å²) in [5.74, 6) is 3.06. The molecule has 0 heterocycles. The van der Waals surface area contributed by atoms with Crippen molar-refractivity contribution in [2.75, 3.05) is 0 Å². The van der Waals surface area contributed by atoms with Crippen LogP contribution in [-0.2, 0) is 24.2 Å². The van der Waals surface area contributed by atoms with Crippen LogP contribution >= 0.6 is 0 Å². The molecule has 2 nitrogen and oxygen atoms in total. The molecule has 4 aliphatic rings. The first-order valence-corrected chi connectivity index (χ1v) is 6.72. The number of ether oxygens (including phenoxy) is 1. The molecule has 4 aliphatic carbocycles. The molecule has 4 rings (SSSR count). The number of aliphatic hydroxyl groups is 1. The van der Waals surface area contributed by atoms with Crippen molar-refractivity contribution in [3.05, 3.63) is 7.11 Å². The minimum absolute atomic E-state index is 0. The van der Waals surface area contributed by atoms with Crippen molar-refractivity contribution in [2.24, 2.45) is 29.1 Å². The average molecular weight is 326 g/mol. The van der Waals surface area contributed by atoms with Crippen LogP contribution in [0.3, 0.4) is 0 Å². The minimum Gasteiger partial charge on any atom is -0.533 e. The quantitative estimate of drug-likeness (QED) is 0.491. The summed E-state index contributed by atoms with van der Waals surface area (Å²) in [7, 11) is 3.38. The largest absolute Gasteiger partial charge is 0.533 e. The van der Waals surface area contributed by atoms with E-state index in [0.29, 0.717) is 5.41 Å². The molecule has 0 amide bonds. The summed E-state index contributed by atoms with van der Waals surface area (Å²) in [4.78, 5) is 0. The number of rotatable bonds is 3. The third-order valence-corrected chi connectivity index (χ3v) is 5.65. The van der Waals surface area contributed by atoms with Gasteiger partial charge in [-0.3, -0.25) is 0 Å². The van der Waals surface area contributed by atoms with Gasteiger partial charge in [0.05, 0.1) is 0 Å². The Hall–Kier alpha value is 0.543. The summed E-state index contributed by atoms with van der Waals surface area (Å²) in [6.07, 6.45) is 7.64. The van der Waals surface area contributed by atoms with Crippen molar-refractivity contribution >= 4 is 0 Å². The second kappa shape index (κ2) is 4.91. The molecule has 1 radical (unpaired) electrons. The predicted molar refractivity (Wildman–Crippen MR) is 62.2 cm³/mol. The molecule has 1 N–H and O–H groups in total. The van der Waals surface area contributed by atoms with Crippen LogP contribution in [0.2, 0.25) is 0 Å². The van der Waals surface area contributed by atoms with E-state index < -0.39 is 6.29 Å². The van der Waals surface area contributed by atoms with Crippen molar-refractivity contribution in [2.45, 2.75) is 51.7 Å². The van der Waals surface area contributed by atoms with Crippen molar-refractivity contribution < 1.29 is 29.3 Å². The normalized spacial score (nSPS) is 46.4. The molecular formula is C14H23O2Rh-. The summed E-state index contributed by atoms with van der Waals surface area (Å²) in [5, 5.41) is 9.90. The van der Waals surface area contributed by atoms with E-state index in [1.807, 2.05) is 0 Å². The maximum atomic E-state index is 9.90. The van der Waals surface area contributed by atoms with Crippen molar-refractivity contribution in [3.8, 4) is 0 Å². The summed E-state index contributed by atoms with van der Waals surface area (Å²) < 4.78 is 4.91. The molecular weight excluding hydrogens is 303 g/mol. The van der Waals surface area contributed by atoms with Crippen LogP contribution in [0.1, 0.15) is 45.4 Å². The molecule has 0 aromatic rings. The SMILES string of the molecule is [CH2-]OC(O)C(C)C12CC3CC(CC(C3)C1)C2.[Rh]. The zero-order chi connectivity index (χ0) is 11.3. The van der Waals surface area contributed by atoms with Gasteiger partial charge in [0.15, 0.2) is 0 Å². The third kappa shape index (κ3) is 2.24. The minimum atomic E-state index is -0.670. The molecule has 101 valence electrons. The first kappa shape index (κ1) is 14.0. The van der Waals surface area contributed by atoms with E-state index in [2.05, 4.69) is 14.0 Å². The molecule has 0 aromatic carbocycles. The number of aliphatic hydroxyl groups excluding tert-OH is 1. The summed E-state index contributed by atoms with van der Waals surface area (Å²) in [5.41, 5.74) is 0.367. The second-order valence-electron chi connectivity index (χ2n) is 6.63. The van der Waals surface area contributed by atoms with Gasteiger partial charge in [-0.2, -0.15) is 0 Å². The van der Waals surface area contributed by atoms with E-state index in [4.69, 9.17) is 4.74 Å². The van der Waals surface area contributed by atoms with E-state index in [1.54, 1.807) is 0 Å². The number of hydrogen-bond donors (Lipinski definition) is 1. The molecule has 17 heavy (non-hydrogen) atoms. The first-order valence-electron chi connectivity index (χ1n) is 6.72. The Kier molecular flexibility index (Phi) is 4.03. The molecule has 3 heteroatoms. The van der Waals surface area contributed by atoms with Gasteiger partial charge in [-0.25, -0.2) is 7.11 Å². The van der Waals surface area contributed by atoms with Gasteiger partial charge >= 0.3 is 0 Å². The smallest absolute Gasteiger partial charge is 0.127 e. The third-order valence-electron chi connectivity index (χ3n) is 5.65. The summed E-state index contributed by atoms with van der Waals surface area (Å²) in [6, 6.07) is 0. The van der Waals surface area contributed by atoms with Crippen LogP contribution in [0.4, 0.5) is 0 Å². The van der Waals surface area contributed by atoms with Gasteiger partial charge in [0.1, 0.15) is 6.29 Å². The van der Waals surface area contributed by atoms with Crippen molar-refractivity contribution in [3.63, 3.8) is 0 Å². The Morgan fingerprint density at radius 2 is 1.53 bits per heavy atom. The van der Waals surface area contributed by atoms with E-state index in [9.17, 15) is 5.11 Å². The van der Waals surface area contributed by atoms with E-state index in [1.165, 1.54) is 38.5 Å². The molecule has 2 atom stereocenters. The summed E-state index contributed by atoms with van der Waals surface area (Å²) in [6.45, 7) is 2.16. The van der Waals surface area contributed by atoms with Crippen LogP contribution in [-0.4, -0.2) is 11.4 Å². The maximum Gasteiger partial charge on any atom is 0.127 e. The van der Waals surface area contributed by atoms with Crippen LogP contribution in [0.25, 0.3) is 0 Å². The molecule has 4 saturated carbocycles. The van der Waals surface area contributed by atoms with Gasteiger partial charge < -0.3 is 9.84 Å². The monoisotopic (exact) mass is 326 g/mol. The fourth-order valence-electron chi connectivity index (χ4n) is 5.18. The predicted octanol–water partition coefficient (Wildman–Crippen LogP) is 2.96. The van der Waals surface area contributed by atoms with Crippen molar-refractivity contribution in [1.82, 2.24) is 0 Å². The van der Waals surface area contributed by atoms with Gasteiger partial charge in [0.25, 0.3) is 0 Å². The molecule has 0 spiro atoms. The second-order valence-corrected chi connectivity index (χ2v) is 6.63. The topological polar surface area (TPSA) is 29.5 Å². The van der Waals surface area contributed by atoms with Crippen LogP contribution in [0.5, 0.6) is 0 Å². The molecule has 0 saturated heterocycles. The zero-order valence-electron chi connectivity index (χ0n) is 10.5. The summed E-state index contributed by atoms with van der Waals surface area (Å²) >= 11 is 0. The van der Waals surface area contributed by atoms with Crippen molar-refractivity contribution in [1.29, 1.82) is 0 Å². The van der Waals surface area contributed by atoms with Gasteiger partial charge in [0, 0.05) is 25.4 Å². The Balaban J connectivity index is 0.00000108. The maximum absolute atomic E-state index is 9.90. The average Bonchev–Trinajstić information content (AvgIpc) is 2.25. The number of hydrogen-bond acceptors (Lipinski definition) is 2. The fraction of sp³-hybridized carbons (Fsp3) is 0.929. The molecule has 2 unspecified atom stereocenters. The zero-order valence-corrected chi connectivity index (χ0v) is 12.2. The van der Waals surface area contributed by atoms with Crippen LogP contribution in [0.15, 0.2) is 0 Å². The first-order chi connectivity index (χ1) is 7.63. The standard InChI is InChI=1S/C14H23O2.Rh/c1-9(13(15)16-2)14-6-10-3-11(7-14)5-12(4-10)8-14;/h9-13,15H,2-8H2,1H3;/q-1;. The van der Waals surface area contributed by atoms with Crippen LogP contribution < -0.4 is 0 Å². The Morgan fingerprint density at radius 3 is 1.88 bits per heavy atom. The van der Waals surface area contributed by atoms with E-state index in [-0.39, 0.29) is 25.4 Å². The Morgan fingerprint density at radius 1 is 1.12 bits per heavy atom. The van der Waals surface area contributed by atoms with Gasteiger partial charge in [-0.05, 0) is 61.7 Å². The Bertz CT molecular complexity index is 244. The fourth-order valence-corrected chi connectivity index (χ4v) is 5.18. The molecule has 4 fully saturated rings. The van der Waals surface area contributed by atoms with Gasteiger partial charge in [-0.1, -0.05) is 6.92 Å².